The van der Waals surface area contributed by atoms with Crippen molar-refractivity contribution < 1.29 is 4.92 Å². The van der Waals surface area contributed by atoms with E-state index in [1.54, 1.807) is 12.3 Å². The van der Waals surface area contributed by atoms with E-state index in [9.17, 15) is 10.1 Å². The van der Waals surface area contributed by atoms with Crippen LogP contribution in [0.15, 0.2) is 30.5 Å². The maximum Gasteiger partial charge on any atom is 0.295 e. The first kappa shape index (κ1) is 13.0. The van der Waals surface area contributed by atoms with Gasteiger partial charge < -0.3 is 4.90 Å². The van der Waals surface area contributed by atoms with Crippen LogP contribution >= 0.6 is 0 Å². The van der Waals surface area contributed by atoms with E-state index in [4.69, 9.17) is 0 Å². The van der Waals surface area contributed by atoms with Crippen LogP contribution in [-0.2, 0) is 0 Å². The van der Waals surface area contributed by atoms with Gasteiger partial charge in [0.05, 0.1) is 10.6 Å². The predicted octanol–water partition coefficient (Wildman–Crippen LogP) is 3.24. The summed E-state index contributed by atoms with van der Waals surface area (Å²) in [7, 11) is 3.83. The topological polar surface area (TPSA) is 59.3 Å². The van der Waals surface area contributed by atoms with Crippen molar-refractivity contribution in [1.82, 2.24) is 4.98 Å². The van der Waals surface area contributed by atoms with Gasteiger partial charge in [0.2, 0.25) is 0 Å². The molecule has 98 valence electrons. The summed E-state index contributed by atoms with van der Waals surface area (Å²) in [5.41, 5.74) is 2.34. The molecule has 0 amide bonds. The summed E-state index contributed by atoms with van der Waals surface area (Å²) in [5, 5.41) is 11.8. The number of pyridine rings is 1. The van der Waals surface area contributed by atoms with Crippen LogP contribution in [0.4, 0.5) is 11.4 Å². The van der Waals surface area contributed by atoms with Crippen molar-refractivity contribution in [2.45, 2.75) is 6.92 Å². The molecule has 5 heteroatoms. The van der Waals surface area contributed by atoms with Crippen LogP contribution in [-0.4, -0.2) is 24.0 Å². The number of allylic oxidation sites excluding steroid dienone is 1. The Morgan fingerprint density at radius 2 is 2.11 bits per heavy atom. The maximum absolute atomic E-state index is 11.0. The minimum absolute atomic E-state index is 0.0348. The molecule has 1 aromatic heterocycles. The zero-order valence-electron chi connectivity index (χ0n) is 11.1. The number of nitrogens with zero attached hydrogens (tertiary/aromatic N) is 3. The van der Waals surface area contributed by atoms with Crippen molar-refractivity contribution in [3.05, 3.63) is 46.1 Å². The number of benzene rings is 1. The molecule has 0 bridgehead atoms. The van der Waals surface area contributed by atoms with Crippen molar-refractivity contribution in [1.29, 1.82) is 0 Å². The number of nitro groups is 1. The number of non-ortho nitro benzene ring substituents is 1. The van der Waals surface area contributed by atoms with Crippen molar-refractivity contribution in [3.8, 4) is 0 Å². The summed E-state index contributed by atoms with van der Waals surface area (Å²) in [6, 6.07) is 5.02. The highest BCUT2D eigenvalue weighted by molar-refractivity contribution is 5.99. The monoisotopic (exact) mass is 257 g/mol. The molecular formula is C14H15N3O2. The van der Waals surface area contributed by atoms with Crippen LogP contribution in [0.25, 0.3) is 17.0 Å². The average Bonchev–Trinajstić information content (AvgIpc) is 2.37. The van der Waals surface area contributed by atoms with Gasteiger partial charge in [0.15, 0.2) is 0 Å². The second-order valence-electron chi connectivity index (χ2n) is 4.39. The summed E-state index contributed by atoms with van der Waals surface area (Å²) in [6.45, 7) is 1.93. The lowest BCUT2D eigenvalue weighted by Crippen LogP contribution is -2.11. The zero-order chi connectivity index (χ0) is 14.0. The van der Waals surface area contributed by atoms with E-state index in [0.29, 0.717) is 5.52 Å². The van der Waals surface area contributed by atoms with Crippen LogP contribution < -0.4 is 4.90 Å². The van der Waals surface area contributed by atoms with E-state index in [1.165, 1.54) is 6.07 Å². The Bertz CT molecular complexity index is 663. The minimum atomic E-state index is -0.399. The number of rotatable bonds is 3. The van der Waals surface area contributed by atoms with Crippen LogP contribution in [0.1, 0.15) is 12.5 Å². The molecule has 0 aliphatic heterocycles. The van der Waals surface area contributed by atoms with Gasteiger partial charge in [0.1, 0.15) is 5.52 Å². The van der Waals surface area contributed by atoms with Crippen molar-refractivity contribution in [2.24, 2.45) is 0 Å². The molecule has 1 aromatic carbocycles. The van der Waals surface area contributed by atoms with Crippen LogP contribution in [0.2, 0.25) is 0 Å². The van der Waals surface area contributed by atoms with Crippen LogP contribution in [0, 0.1) is 10.1 Å². The van der Waals surface area contributed by atoms with E-state index in [2.05, 4.69) is 4.98 Å². The Balaban J connectivity index is 2.86. The largest absolute Gasteiger partial charge is 0.377 e. The third-order valence-electron chi connectivity index (χ3n) is 2.87. The van der Waals surface area contributed by atoms with E-state index in [1.807, 2.05) is 44.1 Å². The van der Waals surface area contributed by atoms with Gasteiger partial charge in [-0.3, -0.25) is 10.1 Å². The van der Waals surface area contributed by atoms with Crippen LogP contribution in [0.5, 0.6) is 0 Å². The van der Waals surface area contributed by atoms with Gasteiger partial charge in [0.25, 0.3) is 5.69 Å². The smallest absolute Gasteiger partial charge is 0.295 e. The summed E-state index contributed by atoms with van der Waals surface area (Å²) in [4.78, 5) is 16.8. The van der Waals surface area contributed by atoms with E-state index < -0.39 is 4.92 Å². The van der Waals surface area contributed by atoms with Gasteiger partial charge in [-0.15, -0.1) is 0 Å². The lowest BCUT2D eigenvalue weighted by Gasteiger charge is -2.18. The van der Waals surface area contributed by atoms with Crippen LogP contribution in [0.3, 0.4) is 0 Å². The SMILES string of the molecule is C/C=C\c1cnc2c([N+](=O)[O-])cccc2c1N(C)C. The highest BCUT2D eigenvalue weighted by Crippen LogP contribution is 2.33. The van der Waals surface area contributed by atoms with Crippen molar-refractivity contribution in [2.75, 3.05) is 19.0 Å². The van der Waals surface area contributed by atoms with Gasteiger partial charge in [-0.05, 0) is 6.92 Å². The molecule has 0 spiro atoms. The third kappa shape index (κ3) is 2.27. The Hall–Kier alpha value is -2.43. The van der Waals surface area contributed by atoms with E-state index in [-0.39, 0.29) is 5.69 Å². The number of nitro benzene ring substituents is 1. The van der Waals surface area contributed by atoms with Gasteiger partial charge in [0, 0.05) is 37.3 Å². The minimum Gasteiger partial charge on any atom is -0.377 e. The second-order valence-corrected chi connectivity index (χ2v) is 4.39. The molecule has 0 atom stereocenters. The molecule has 0 saturated carbocycles. The normalized spacial score (nSPS) is 11.1. The number of hydrogen-bond acceptors (Lipinski definition) is 4. The van der Waals surface area contributed by atoms with Gasteiger partial charge in [-0.2, -0.15) is 0 Å². The van der Waals surface area contributed by atoms with Crippen molar-refractivity contribution in [3.63, 3.8) is 0 Å². The summed E-state index contributed by atoms with van der Waals surface area (Å²) < 4.78 is 0. The first-order valence-corrected chi connectivity index (χ1v) is 5.92. The van der Waals surface area contributed by atoms with E-state index in [0.717, 1.165) is 16.6 Å². The number of para-hydroxylation sites is 1. The number of anilines is 1. The molecule has 0 aliphatic rings. The first-order valence-electron chi connectivity index (χ1n) is 5.92. The van der Waals surface area contributed by atoms with Crippen molar-refractivity contribution >= 4 is 28.4 Å². The lowest BCUT2D eigenvalue weighted by molar-refractivity contribution is -0.383. The third-order valence-corrected chi connectivity index (χ3v) is 2.87. The molecule has 19 heavy (non-hydrogen) atoms. The van der Waals surface area contributed by atoms with Gasteiger partial charge in [-0.25, -0.2) is 4.98 Å². The molecule has 0 saturated heterocycles. The standard InChI is InChI=1S/C14H15N3O2/c1-4-6-10-9-15-13-11(14(10)16(2)3)7-5-8-12(13)17(18)19/h4-9H,1-3H3/b6-4-. The molecule has 0 N–H and O–H groups in total. The second kappa shape index (κ2) is 5.06. The number of aromatic nitrogens is 1. The number of hydrogen-bond donors (Lipinski definition) is 0. The molecular weight excluding hydrogens is 242 g/mol. The number of fused-ring (bicyclic) bond motifs is 1. The maximum atomic E-state index is 11.0. The predicted molar refractivity (Wildman–Crippen MR) is 77.4 cm³/mol. The molecule has 2 aromatic rings. The Morgan fingerprint density at radius 1 is 1.37 bits per heavy atom. The Morgan fingerprint density at radius 3 is 2.68 bits per heavy atom. The average molecular weight is 257 g/mol. The fraction of sp³-hybridized carbons (Fsp3) is 0.214. The molecule has 0 radical (unpaired) electrons. The fourth-order valence-corrected chi connectivity index (χ4v) is 2.16. The first-order chi connectivity index (χ1) is 9.06. The zero-order valence-corrected chi connectivity index (χ0v) is 11.1. The molecule has 5 nitrogen and oxygen atoms in total. The lowest BCUT2D eigenvalue weighted by atomic mass is 10.1. The highest BCUT2D eigenvalue weighted by atomic mass is 16.6. The van der Waals surface area contributed by atoms with E-state index >= 15 is 0 Å². The molecule has 1 heterocycles. The molecule has 2 rings (SSSR count). The quantitative estimate of drug-likeness (QED) is 0.625. The Labute approximate surface area is 111 Å². The molecule has 0 fully saturated rings. The molecule has 0 aliphatic carbocycles. The summed E-state index contributed by atoms with van der Waals surface area (Å²) in [6.07, 6.45) is 5.54. The van der Waals surface area contributed by atoms with Gasteiger partial charge in [-0.1, -0.05) is 24.3 Å². The van der Waals surface area contributed by atoms with Gasteiger partial charge >= 0.3 is 0 Å². The summed E-state index contributed by atoms with van der Waals surface area (Å²) in [5.74, 6) is 0. The summed E-state index contributed by atoms with van der Waals surface area (Å²) >= 11 is 0. The Kier molecular flexibility index (Phi) is 3.46. The fourth-order valence-electron chi connectivity index (χ4n) is 2.16. The highest BCUT2D eigenvalue weighted by Gasteiger charge is 2.17. The molecule has 0 unspecified atom stereocenters.